The minimum Gasteiger partial charge on any atom is -0.390 e. The van der Waals surface area contributed by atoms with Crippen LogP contribution in [-0.4, -0.2) is 41.7 Å². The Morgan fingerprint density at radius 2 is 2.00 bits per heavy atom. The third-order valence-corrected chi connectivity index (χ3v) is 5.53. The second-order valence-electron chi connectivity index (χ2n) is 7.37. The van der Waals surface area contributed by atoms with Crippen LogP contribution < -0.4 is 5.32 Å². The lowest BCUT2D eigenvalue weighted by atomic mass is 9.74. The molecular formula is C20H27N3O2. The molecule has 0 saturated heterocycles. The fraction of sp³-hybridized carbons (Fsp3) is 0.600. The highest BCUT2D eigenvalue weighted by atomic mass is 16.3. The maximum absolute atomic E-state index is 12.5. The van der Waals surface area contributed by atoms with Crippen molar-refractivity contribution in [2.75, 3.05) is 19.6 Å². The molecule has 1 aliphatic heterocycles. The molecule has 0 spiro atoms. The van der Waals surface area contributed by atoms with Crippen molar-refractivity contribution in [1.82, 2.24) is 10.2 Å². The molecule has 0 aromatic heterocycles. The predicted octanol–water partition coefficient (Wildman–Crippen LogP) is 2.00. The minimum atomic E-state index is -0.887. The average molecular weight is 341 g/mol. The van der Waals surface area contributed by atoms with E-state index in [-0.39, 0.29) is 12.5 Å². The van der Waals surface area contributed by atoms with Gasteiger partial charge in [0, 0.05) is 26.2 Å². The zero-order valence-electron chi connectivity index (χ0n) is 14.7. The molecule has 1 unspecified atom stereocenters. The van der Waals surface area contributed by atoms with Gasteiger partial charge in [0.05, 0.1) is 12.2 Å². The molecule has 25 heavy (non-hydrogen) atoms. The van der Waals surface area contributed by atoms with Gasteiger partial charge in [-0.3, -0.25) is 9.69 Å². The molecule has 1 aliphatic carbocycles. The van der Waals surface area contributed by atoms with Crippen LogP contribution in [0.15, 0.2) is 24.3 Å². The summed E-state index contributed by atoms with van der Waals surface area (Å²) in [6, 6.07) is 10.6. The molecule has 2 aliphatic rings. The standard InChI is InChI=1S/C20H27N3O2/c21-15-20(9-4-1-5-10-20)19(25)22-12-18(24)14-23-11-8-16-6-2-3-7-17(16)13-23/h2-3,6-7,18,24H,1,4-5,8-14H2,(H,22,25). The Bertz CT molecular complexity index is 647. The molecule has 1 aromatic rings. The molecule has 5 heteroatoms. The molecule has 3 rings (SSSR count). The molecule has 134 valence electrons. The first-order valence-corrected chi connectivity index (χ1v) is 9.30. The molecule has 1 heterocycles. The van der Waals surface area contributed by atoms with Crippen LogP contribution in [0.4, 0.5) is 0 Å². The van der Waals surface area contributed by atoms with Crippen LogP contribution >= 0.6 is 0 Å². The highest BCUT2D eigenvalue weighted by Gasteiger charge is 2.39. The molecule has 1 fully saturated rings. The first kappa shape index (κ1) is 17.9. The number of carbonyl (C=O) groups excluding carboxylic acids is 1. The fourth-order valence-corrected chi connectivity index (χ4v) is 4.00. The lowest BCUT2D eigenvalue weighted by Crippen LogP contribution is -2.46. The van der Waals surface area contributed by atoms with E-state index < -0.39 is 11.5 Å². The zero-order chi connectivity index (χ0) is 17.7. The van der Waals surface area contributed by atoms with Crippen molar-refractivity contribution in [2.24, 2.45) is 5.41 Å². The van der Waals surface area contributed by atoms with E-state index in [1.807, 2.05) is 6.07 Å². The minimum absolute atomic E-state index is 0.209. The quantitative estimate of drug-likeness (QED) is 0.859. The van der Waals surface area contributed by atoms with Gasteiger partial charge in [-0.1, -0.05) is 43.5 Å². The van der Waals surface area contributed by atoms with Gasteiger partial charge in [-0.05, 0) is 30.4 Å². The summed E-state index contributed by atoms with van der Waals surface area (Å²) in [5, 5.41) is 22.6. The summed E-state index contributed by atoms with van der Waals surface area (Å²) in [7, 11) is 0. The highest BCUT2D eigenvalue weighted by molar-refractivity contribution is 5.85. The molecular weight excluding hydrogens is 314 g/mol. The van der Waals surface area contributed by atoms with E-state index in [1.54, 1.807) is 0 Å². The molecule has 0 radical (unpaired) electrons. The zero-order valence-corrected chi connectivity index (χ0v) is 14.7. The Balaban J connectivity index is 1.48. The van der Waals surface area contributed by atoms with Crippen LogP contribution in [0.1, 0.15) is 43.2 Å². The van der Waals surface area contributed by atoms with Crippen molar-refractivity contribution in [3.8, 4) is 6.07 Å². The van der Waals surface area contributed by atoms with Crippen LogP contribution in [-0.2, 0) is 17.8 Å². The number of nitriles is 1. The van der Waals surface area contributed by atoms with Gasteiger partial charge in [0.15, 0.2) is 0 Å². The number of fused-ring (bicyclic) bond motifs is 1. The predicted molar refractivity (Wildman–Crippen MR) is 95.6 cm³/mol. The van der Waals surface area contributed by atoms with Gasteiger partial charge >= 0.3 is 0 Å². The number of hydrogen-bond acceptors (Lipinski definition) is 4. The monoisotopic (exact) mass is 341 g/mol. The van der Waals surface area contributed by atoms with Crippen LogP contribution in [0.5, 0.6) is 0 Å². The second kappa shape index (κ2) is 7.99. The lowest BCUT2D eigenvalue weighted by molar-refractivity contribution is -0.130. The van der Waals surface area contributed by atoms with Gasteiger partial charge in [-0.2, -0.15) is 5.26 Å². The Hall–Kier alpha value is -1.90. The number of β-amino-alcohol motifs (C(OH)–C–C–N with tert-alkyl or cyclic N) is 1. The van der Waals surface area contributed by atoms with E-state index in [4.69, 9.17) is 0 Å². The van der Waals surface area contributed by atoms with E-state index in [2.05, 4.69) is 34.5 Å². The van der Waals surface area contributed by atoms with E-state index in [9.17, 15) is 15.2 Å². The normalized spacial score (nSPS) is 21.0. The highest BCUT2D eigenvalue weighted by Crippen LogP contribution is 2.35. The topological polar surface area (TPSA) is 76.4 Å². The maximum Gasteiger partial charge on any atom is 0.240 e. The summed E-state index contributed by atoms with van der Waals surface area (Å²) in [5.41, 5.74) is 1.81. The average Bonchev–Trinajstić information content (AvgIpc) is 2.66. The SMILES string of the molecule is N#CC1(C(=O)NCC(O)CN2CCc3ccccc3C2)CCCCC1. The first-order chi connectivity index (χ1) is 12.1. The summed E-state index contributed by atoms with van der Waals surface area (Å²) in [6.45, 7) is 2.50. The Kier molecular flexibility index (Phi) is 5.72. The van der Waals surface area contributed by atoms with E-state index in [1.165, 1.54) is 11.1 Å². The summed E-state index contributed by atoms with van der Waals surface area (Å²) in [6.07, 6.45) is 4.59. The van der Waals surface area contributed by atoms with Gasteiger partial charge < -0.3 is 10.4 Å². The van der Waals surface area contributed by atoms with Crippen molar-refractivity contribution in [1.29, 1.82) is 5.26 Å². The van der Waals surface area contributed by atoms with Gasteiger partial charge in [0.25, 0.3) is 0 Å². The Labute approximate surface area is 149 Å². The first-order valence-electron chi connectivity index (χ1n) is 9.30. The maximum atomic E-state index is 12.5. The van der Waals surface area contributed by atoms with Crippen molar-refractivity contribution >= 4 is 5.91 Å². The van der Waals surface area contributed by atoms with Crippen LogP contribution in [0.25, 0.3) is 0 Å². The van der Waals surface area contributed by atoms with E-state index in [0.29, 0.717) is 19.4 Å². The smallest absolute Gasteiger partial charge is 0.240 e. The largest absolute Gasteiger partial charge is 0.390 e. The fourth-order valence-electron chi connectivity index (χ4n) is 4.00. The van der Waals surface area contributed by atoms with Crippen LogP contribution in [0.2, 0.25) is 0 Å². The summed E-state index contributed by atoms with van der Waals surface area (Å²) in [5.74, 6) is -0.210. The number of nitrogens with one attached hydrogen (secondary N) is 1. The van der Waals surface area contributed by atoms with Crippen LogP contribution in [0.3, 0.4) is 0 Å². The number of aliphatic hydroxyl groups is 1. The third kappa shape index (κ3) is 4.20. The summed E-state index contributed by atoms with van der Waals surface area (Å²) in [4.78, 5) is 14.7. The van der Waals surface area contributed by atoms with Gasteiger partial charge in [0.1, 0.15) is 5.41 Å². The van der Waals surface area contributed by atoms with Crippen molar-refractivity contribution in [3.05, 3.63) is 35.4 Å². The van der Waals surface area contributed by atoms with Crippen molar-refractivity contribution in [3.63, 3.8) is 0 Å². The second-order valence-corrected chi connectivity index (χ2v) is 7.37. The lowest BCUT2D eigenvalue weighted by Gasteiger charge is -2.32. The number of amides is 1. The van der Waals surface area contributed by atoms with E-state index in [0.717, 1.165) is 38.8 Å². The number of aliphatic hydroxyl groups excluding tert-OH is 1. The molecule has 2 N–H and O–H groups in total. The number of carbonyl (C=O) groups is 1. The molecule has 1 atom stereocenters. The molecule has 1 saturated carbocycles. The van der Waals surface area contributed by atoms with Gasteiger partial charge in [-0.25, -0.2) is 0 Å². The van der Waals surface area contributed by atoms with Crippen LogP contribution in [0, 0.1) is 16.7 Å². The van der Waals surface area contributed by atoms with Crippen molar-refractivity contribution in [2.45, 2.75) is 51.2 Å². The summed E-state index contributed by atoms with van der Waals surface area (Å²) >= 11 is 0. The van der Waals surface area contributed by atoms with Gasteiger partial charge in [0.2, 0.25) is 5.91 Å². The Morgan fingerprint density at radius 1 is 1.28 bits per heavy atom. The molecule has 1 aromatic carbocycles. The number of rotatable bonds is 5. The third-order valence-electron chi connectivity index (χ3n) is 5.53. The van der Waals surface area contributed by atoms with Gasteiger partial charge in [-0.15, -0.1) is 0 Å². The summed E-state index contributed by atoms with van der Waals surface area (Å²) < 4.78 is 0. The molecule has 1 amide bonds. The molecule has 5 nitrogen and oxygen atoms in total. The number of hydrogen-bond donors (Lipinski definition) is 2. The number of nitrogens with zero attached hydrogens (tertiary/aromatic N) is 2. The van der Waals surface area contributed by atoms with E-state index >= 15 is 0 Å². The van der Waals surface area contributed by atoms with Crippen molar-refractivity contribution < 1.29 is 9.90 Å². The molecule has 0 bridgehead atoms. The number of benzene rings is 1. The Morgan fingerprint density at radius 3 is 2.72 bits per heavy atom.